The molecule has 0 aliphatic heterocycles. The lowest BCUT2D eigenvalue weighted by Gasteiger charge is -2.04. The highest BCUT2D eigenvalue weighted by atomic mass is 35.5. The van der Waals surface area contributed by atoms with Gasteiger partial charge >= 0.3 is 5.97 Å². The first-order valence-corrected chi connectivity index (χ1v) is 5.17. The third kappa shape index (κ3) is 6.98. The van der Waals surface area contributed by atoms with Crippen LogP contribution in [0.2, 0.25) is 0 Å². The number of hydrogen-bond donors (Lipinski definition) is 2. The molecule has 1 atom stereocenters. The molecule has 0 heterocycles. The summed E-state index contributed by atoms with van der Waals surface area (Å²) in [6.07, 6.45) is 1.03. The van der Waals surface area contributed by atoms with Crippen molar-refractivity contribution in [3.05, 3.63) is 35.9 Å². The number of halogens is 1. The second kappa shape index (κ2) is 8.88. The van der Waals surface area contributed by atoms with E-state index in [1.807, 2.05) is 30.3 Å². The summed E-state index contributed by atoms with van der Waals surface area (Å²) in [6.45, 7) is 0. The molecule has 0 fully saturated rings. The fraction of sp³-hybridized carbons (Fsp3) is 0.273. The topological polar surface area (TPSA) is 80.4 Å². The van der Waals surface area contributed by atoms with Gasteiger partial charge in [0.05, 0.1) is 5.88 Å². The highest BCUT2D eigenvalue weighted by Crippen LogP contribution is 2.01. The monoisotopic (exact) mass is 243 g/mol. The van der Waals surface area contributed by atoms with E-state index in [-0.39, 0.29) is 5.88 Å². The lowest BCUT2D eigenvalue weighted by molar-refractivity contribution is -0.138. The number of aldehydes is 1. The van der Waals surface area contributed by atoms with Crippen LogP contribution in [-0.4, -0.2) is 29.3 Å². The molecule has 1 rings (SSSR count). The summed E-state index contributed by atoms with van der Waals surface area (Å²) in [5.41, 5.74) is 6.30. The fourth-order valence-electron chi connectivity index (χ4n) is 0.955. The van der Waals surface area contributed by atoms with E-state index >= 15 is 0 Å². The number of nitrogens with two attached hydrogens (primary N) is 1. The minimum Gasteiger partial charge on any atom is -0.480 e. The third-order valence-electron chi connectivity index (χ3n) is 1.68. The molecule has 5 heteroatoms. The van der Waals surface area contributed by atoms with Crippen molar-refractivity contribution in [2.75, 3.05) is 5.88 Å². The van der Waals surface area contributed by atoms with Gasteiger partial charge in [-0.05, 0) is 12.0 Å². The van der Waals surface area contributed by atoms with Crippen molar-refractivity contribution in [1.29, 1.82) is 0 Å². The Kier molecular flexibility index (Phi) is 8.11. The first-order valence-electron chi connectivity index (χ1n) is 4.63. The molecule has 1 unspecified atom stereocenters. The Morgan fingerprint density at radius 3 is 2.31 bits per heavy atom. The van der Waals surface area contributed by atoms with Crippen molar-refractivity contribution >= 4 is 23.9 Å². The van der Waals surface area contributed by atoms with Crippen molar-refractivity contribution in [2.45, 2.75) is 12.5 Å². The van der Waals surface area contributed by atoms with Crippen LogP contribution in [0, 0.1) is 0 Å². The molecule has 0 amide bonds. The molecule has 1 aromatic rings. The van der Waals surface area contributed by atoms with Gasteiger partial charge in [0.25, 0.3) is 0 Å². The second-order valence-corrected chi connectivity index (χ2v) is 3.26. The summed E-state index contributed by atoms with van der Waals surface area (Å²) >= 11 is 4.82. The van der Waals surface area contributed by atoms with Gasteiger partial charge in [-0.3, -0.25) is 4.79 Å². The Morgan fingerprint density at radius 1 is 1.44 bits per heavy atom. The van der Waals surface area contributed by atoms with Crippen LogP contribution in [0.25, 0.3) is 0 Å². The zero-order valence-electron chi connectivity index (χ0n) is 8.67. The van der Waals surface area contributed by atoms with E-state index in [4.69, 9.17) is 27.2 Å². The van der Waals surface area contributed by atoms with Crippen LogP contribution in [0.1, 0.15) is 5.56 Å². The van der Waals surface area contributed by atoms with Gasteiger partial charge in [0, 0.05) is 0 Å². The average Bonchev–Trinajstić information content (AvgIpc) is 2.30. The molecule has 0 spiro atoms. The first kappa shape index (κ1) is 14.6. The third-order valence-corrected chi connectivity index (χ3v) is 1.80. The number of aliphatic carboxylic acids is 1. The van der Waals surface area contributed by atoms with E-state index in [1.165, 1.54) is 0 Å². The highest BCUT2D eigenvalue weighted by molar-refractivity contribution is 6.24. The van der Waals surface area contributed by atoms with Gasteiger partial charge in [0.1, 0.15) is 12.3 Å². The zero-order chi connectivity index (χ0) is 12.4. The summed E-state index contributed by atoms with van der Waals surface area (Å²) < 4.78 is 0. The molecule has 0 saturated carbocycles. The van der Waals surface area contributed by atoms with Crippen LogP contribution in [0.4, 0.5) is 0 Å². The Morgan fingerprint density at radius 2 is 1.94 bits per heavy atom. The van der Waals surface area contributed by atoms with Gasteiger partial charge < -0.3 is 15.6 Å². The Bertz CT molecular complexity index is 316. The molecule has 0 aliphatic rings. The van der Waals surface area contributed by atoms with Crippen LogP contribution in [0.15, 0.2) is 30.3 Å². The van der Waals surface area contributed by atoms with E-state index < -0.39 is 12.0 Å². The molecular formula is C11H14ClNO3. The van der Waals surface area contributed by atoms with Crippen molar-refractivity contribution in [2.24, 2.45) is 5.73 Å². The van der Waals surface area contributed by atoms with E-state index in [1.54, 1.807) is 0 Å². The molecule has 1 aromatic carbocycles. The Balaban J connectivity index is 0.000000487. The maximum atomic E-state index is 10.4. The number of rotatable bonds is 4. The minimum absolute atomic E-state index is 0.111. The van der Waals surface area contributed by atoms with Crippen LogP contribution in [-0.2, 0) is 16.0 Å². The fourth-order valence-corrected chi connectivity index (χ4v) is 0.955. The molecule has 88 valence electrons. The van der Waals surface area contributed by atoms with Crippen LogP contribution >= 0.6 is 11.6 Å². The van der Waals surface area contributed by atoms with Crippen molar-refractivity contribution < 1.29 is 14.7 Å². The van der Waals surface area contributed by atoms with Gasteiger partial charge in [0.15, 0.2) is 0 Å². The smallest absolute Gasteiger partial charge is 0.320 e. The first-order chi connectivity index (χ1) is 7.61. The van der Waals surface area contributed by atoms with Gasteiger partial charge in [-0.1, -0.05) is 30.3 Å². The predicted molar refractivity (Wildman–Crippen MR) is 62.5 cm³/mol. The summed E-state index contributed by atoms with van der Waals surface area (Å²) in [5.74, 6) is -0.848. The molecule has 3 N–H and O–H groups in total. The molecule has 4 nitrogen and oxygen atoms in total. The highest BCUT2D eigenvalue weighted by Gasteiger charge is 2.10. The molecule has 16 heavy (non-hydrogen) atoms. The van der Waals surface area contributed by atoms with Crippen molar-refractivity contribution in [3.63, 3.8) is 0 Å². The summed E-state index contributed by atoms with van der Waals surface area (Å²) in [4.78, 5) is 19.4. The Labute approximate surface area is 99.0 Å². The lowest BCUT2D eigenvalue weighted by Crippen LogP contribution is -2.32. The summed E-state index contributed by atoms with van der Waals surface area (Å²) in [6, 6.07) is 8.54. The summed E-state index contributed by atoms with van der Waals surface area (Å²) in [7, 11) is 0. The van der Waals surface area contributed by atoms with E-state index in [2.05, 4.69) is 0 Å². The number of hydrogen-bond acceptors (Lipinski definition) is 3. The number of benzene rings is 1. The van der Waals surface area contributed by atoms with Gasteiger partial charge in [-0.2, -0.15) is 0 Å². The number of carbonyl (C=O) groups excluding carboxylic acids is 1. The van der Waals surface area contributed by atoms with E-state index in [0.29, 0.717) is 12.7 Å². The summed E-state index contributed by atoms with van der Waals surface area (Å²) in [5, 5.41) is 8.52. The van der Waals surface area contributed by atoms with Crippen LogP contribution in [0.5, 0.6) is 0 Å². The quantitative estimate of drug-likeness (QED) is 0.612. The maximum absolute atomic E-state index is 10.4. The number of alkyl halides is 1. The van der Waals surface area contributed by atoms with E-state index in [0.717, 1.165) is 5.56 Å². The van der Waals surface area contributed by atoms with Crippen LogP contribution in [0.3, 0.4) is 0 Å². The number of carboxylic acids is 1. The van der Waals surface area contributed by atoms with Crippen LogP contribution < -0.4 is 5.73 Å². The number of carbonyl (C=O) groups is 2. The van der Waals surface area contributed by atoms with Crippen molar-refractivity contribution in [1.82, 2.24) is 0 Å². The van der Waals surface area contributed by atoms with Gasteiger partial charge in [0.2, 0.25) is 0 Å². The normalized spacial score (nSPS) is 10.9. The van der Waals surface area contributed by atoms with Gasteiger partial charge in [-0.25, -0.2) is 0 Å². The molecule has 0 aliphatic carbocycles. The standard InChI is InChI=1S/C9H11NO2.C2H3ClO/c10-8(9(11)12)6-7-4-2-1-3-5-7;3-1-2-4/h1-5,8H,6,10H2,(H,11,12);2H,1H2. The minimum atomic E-state index is -0.959. The Hall–Kier alpha value is -1.39. The molecular weight excluding hydrogens is 230 g/mol. The molecule has 0 saturated heterocycles. The zero-order valence-corrected chi connectivity index (χ0v) is 9.43. The van der Waals surface area contributed by atoms with Gasteiger partial charge in [-0.15, -0.1) is 11.6 Å². The van der Waals surface area contributed by atoms with E-state index in [9.17, 15) is 4.79 Å². The molecule has 0 aromatic heterocycles. The largest absolute Gasteiger partial charge is 0.480 e. The van der Waals surface area contributed by atoms with Crippen molar-refractivity contribution in [3.8, 4) is 0 Å². The maximum Gasteiger partial charge on any atom is 0.320 e. The lowest BCUT2D eigenvalue weighted by atomic mass is 10.1. The average molecular weight is 244 g/mol. The number of carboxylic acid groups (broad SMARTS) is 1. The molecule has 0 bridgehead atoms. The predicted octanol–water partition coefficient (Wildman–Crippen LogP) is 1.07. The SMILES string of the molecule is NC(Cc1ccccc1)C(=O)O.O=CCCl. The second-order valence-electron chi connectivity index (χ2n) is 2.96. The molecule has 0 radical (unpaired) electrons.